The summed E-state index contributed by atoms with van der Waals surface area (Å²) in [4.78, 5) is 4.32. The molecule has 1 saturated heterocycles. The first kappa shape index (κ1) is 12.3. The van der Waals surface area contributed by atoms with Crippen LogP contribution in [0, 0.1) is 0 Å². The zero-order valence-corrected chi connectivity index (χ0v) is 12.1. The van der Waals surface area contributed by atoms with Crippen molar-refractivity contribution in [3.63, 3.8) is 0 Å². The van der Waals surface area contributed by atoms with Gasteiger partial charge >= 0.3 is 0 Å². The molecule has 16 heavy (non-hydrogen) atoms. The number of hydrogen-bond acceptors (Lipinski definition) is 3. The van der Waals surface area contributed by atoms with E-state index in [-0.39, 0.29) is 0 Å². The quantitative estimate of drug-likeness (QED) is 0.877. The minimum Gasteiger partial charge on any atom is -0.369 e. The summed E-state index contributed by atoms with van der Waals surface area (Å²) >= 11 is 6.88. The van der Waals surface area contributed by atoms with E-state index in [1.807, 2.05) is 6.07 Å². The van der Waals surface area contributed by atoms with Crippen molar-refractivity contribution in [1.29, 1.82) is 0 Å². The van der Waals surface area contributed by atoms with Gasteiger partial charge in [0.15, 0.2) is 0 Å². The molecule has 0 bridgehead atoms. The molecule has 0 aromatic carbocycles. The van der Waals surface area contributed by atoms with Gasteiger partial charge in [0.2, 0.25) is 0 Å². The Morgan fingerprint density at radius 2 is 2.38 bits per heavy atom. The molecule has 0 radical (unpaired) electrons. The maximum atomic E-state index is 4.32. The smallest absolute Gasteiger partial charge is 0.140 e. The molecule has 1 aromatic heterocycles. The Labute approximate surface area is 113 Å². The van der Waals surface area contributed by atoms with Gasteiger partial charge in [-0.05, 0) is 63.7 Å². The fraction of sp³-hybridized carbons (Fsp3) is 0.545. The molecule has 2 N–H and O–H groups in total. The van der Waals surface area contributed by atoms with Gasteiger partial charge in [0.25, 0.3) is 0 Å². The second-order valence-corrected chi connectivity index (χ2v) is 5.76. The molecule has 3 nitrogen and oxygen atoms in total. The SMILES string of the molecule is Brc1cnc(NCC[C@H]2CCCN2)c(Br)c1. The van der Waals surface area contributed by atoms with Crippen molar-refractivity contribution in [1.82, 2.24) is 10.3 Å². The van der Waals surface area contributed by atoms with Gasteiger partial charge in [-0.1, -0.05) is 0 Å². The monoisotopic (exact) mass is 347 g/mol. The molecular weight excluding hydrogens is 334 g/mol. The van der Waals surface area contributed by atoms with Gasteiger partial charge in [0.1, 0.15) is 5.82 Å². The number of aromatic nitrogens is 1. The normalized spacial score (nSPS) is 20.0. The summed E-state index contributed by atoms with van der Waals surface area (Å²) in [5, 5.41) is 6.84. The molecular formula is C11H15Br2N3. The first-order chi connectivity index (χ1) is 7.75. The minimum absolute atomic E-state index is 0.682. The van der Waals surface area contributed by atoms with Gasteiger partial charge < -0.3 is 10.6 Å². The van der Waals surface area contributed by atoms with Gasteiger partial charge in [-0.25, -0.2) is 4.98 Å². The zero-order valence-electron chi connectivity index (χ0n) is 8.97. The van der Waals surface area contributed by atoms with Gasteiger partial charge in [0, 0.05) is 23.3 Å². The van der Waals surface area contributed by atoms with Gasteiger partial charge in [-0.3, -0.25) is 0 Å². The van der Waals surface area contributed by atoms with Crippen LogP contribution in [0.2, 0.25) is 0 Å². The third-order valence-corrected chi connectivity index (χ3v) is 3.79. The lowest BCUT2D eigenvalue weighted by Gasteiger charge is -2.12. The molecule has 0 spiro atoms. The third kappa shape index (κ3) is 3.43. The van der Waals surface area contributed by atoms with Crippen LogP contribution in [0.15, 0.2) is 21.2 Å². The van der Waals surface area contributed by atoms with E-state index >= 15 is 0 Å². The Hall–Kier alpha value is -0.130. The van der Waals surface area contributed by atoms with Gasteiger partial charge in [0.05, 0.1) is 4.47 Å². The number of anilines is 1. The predicted molar refractivity (Wildman–Crippen MR) is 73.8 cm³/mol. The van der Waals surface area contributed by atoms with Crippen molar-refractivity contribution in [3.05, 3.63) is 21.2 Å². The van der Waals surface area contributed by atoms with E-state index in [1.54, 1.807) is 6.20 Å². The Morgan fingerprint density at radius 1 is 1.50 bits per heavy atom. The van der Waals surface area contributed by atoms with Crippen LogP contribution in [0.3, 0.4) is 0 Å². The van der Waals surface area contributed by atoms with Crippen LogP contribution >= 0.6 is 31.9 Å². The summed E-state index contributed by atoms with van der Waals surface area (Å²) < 4.78 is 1.99. The topological polar surface area (TPSA) is 37.0 Å². The van der Waals surface area contributed by atoms with Crippen LogP contribution < -0.4 is 10.6 Å². The summed E-state index contributed by atoms with van der Waals surface area (Å²) in [6, 6.07) is 2.69. The van der Waals surface area contributed by atoms with Crippen LogP contribution in [0.4, 0.5) is 5.82 Å². The largest absolute Gasteiger partial charge is 0.369 e. The molecule has 5 heteroatoms. The molecule has 88 valence electrons. The van der Waals surface area contributed by atoms with Crippen LogP contribution in [0.25, 0.3) is 0 Å². The highest BCUT2D eigenvalue weighted by molar-refractivity contribution is 9.11. The van der Waals surface area contributed by atoms with Crippen LogP contribution in [0.1, 0.15) is 19.3 Å². The van der Waals surface area contributed by atoms with E-state index in [0.717, 1.165) is 27.7 Å². The molecule has 1 aliphatic heterocycles. The zero-order chi connectivity index (χ0) is 11.4. The average Bonchev–Trinajstić information content (AvgIpc) is 2.74. The Kier molecular flexibility index (Phi) is 4.61. The Morgan fingerprint density at radius 3 is 3.06 bits per heavy atom. The Bertz CT molecular complexity index is 351. The second-order valence-electron chi connectivity index (χ2n) is 3.99. The van der Waals surface area contributed by atoms with E-state index in [9.17, 15) is 0 Å². The lowest BCUT2D eigenvalue weighted by molar-refractivity contribution is 0.574. The van der Waals surface area contributed by atoms with Crippen molar-refractivity contribution in [2.24, 2.45) is 0 Å². The fourth-order valence-electron chi connectivity index (χ4n) is 1.91. The van der Waals surface area contributed by atoms with Gasteiger partial charge in [-0.15, -0.1) is 0 Å². The molecule has 0 unspecified atom stereocenters. The van der Waals surface area contributed by atoms with Gasteiger partial charge in [-0.2, -0.15) is 0 Å². The first-order valence-corrected chi connectivity index (χ1v) is 7.12. The summed E-state index contributed by atoms with van der Waals surface area (Å²) in [5.74, 6) is 0.918. The highest BCUT2D eigenvalue weighted by atomic mass is 79.9. The molecule has 0 aliphatic carbocycles. The number of nitrogens with zero attached hydrogens (tertiary/aromatic N) is 1. The van der Waals surface area contributed by atoms with Crippen LogP contribution in [-0.4, -0.2) is 24.1 Å². The number of nitrogens with one attached hydrogen (secondary N) is 2. The summed E-state index contributed by atoms with van der Waals surface area (Å²) in [5.41, 5.74) is 0. The first-order valence-electron chi connectivity index (χ1n) is 5.54. The van der Waals surface area contributed by atoms with Crippen LogP contribution in [0.5, 0.6) is 0 Å². The third-order valence-electron chi connectivity index (χ3n) is 2.76. The van der Waals surface area contributed by atoms with Crippen molar-refractivity contribution in [2.45, 2.75) is 25.3 Å². The highest BCUT2D eigenvalue weighted by Gasteiger charge is 2.13. The predicted octanol–water partition coefficient (Wildman–Crippen LogP) is 3.16. The molecule has 1 aromatic rings. The summed E-state index contributed by atoms with van der Waals surface area (Å²) in [7, 11) is 0. The molecule has 2 heterocycles. The standard InChI is InChI=1S/C11H15Br2N3/c12-8-6-10(13)11(16-7-8)15-5-3-9-2-1-4-14-9/h6-7,9,14H,1-5H2,(H,15,16)/t9-/m1/s1. The number of pyridine rings is 1. The highest BCUT2D eigenvalue weighted by Crippen LogP contribution is 2.23. The van der Waals surface area contributed by atoms with E-state index in [4.69, 9.17) is 0 Å². The molecule has 1 atom stereocenters. The molecule has 1 fully saturated rings. The molecule has 2 rings (SSSR count). The Balaban J connectivity index is 1.80. The maximum absolute atomic E-state index is 4.32. The second kappa shape index (κ2) is 5.98. The maximum Gasteiger partial charge on any atom is 0.140 e. The van der Waals surface area contributed by atoms with E-state index < -0.39 is 0 Å². The minimum atomic E-state index is 0.682. The number of hydrogen-bond donors (Lipinski definition) is 2. The van der Waals surface area contributed by atoms with Crippen molar-refractivity contribution < 1.29 is 0 Å². The molecule has 0 saturated carbocycles. The number of halogens is 2. The fourth-order valence-corrected chi connectivity index (χ4v) is 3.04. The molecule has 0 amide bonds. The van der Waals surface area contributed by atoms with E-state index in [1.165, 1.54) is 19.4 Å². The van der Waals surface area contributed by atoms with E-state index in [0.29, 0.717) is 6.04 Å². The average molecular weight is 349 g/mol. The lowest BCUT2D eigenvalue weighted by Crippen LogP contribution is -2.24. The van der Waals surface area contributed by atoms with Crippen LogP contribution in [-0.2, 0) is 0 Å². The number of rotatable bonds is 4. The molecule has 1 aliphatic rings. The van der Waals surface area contributed by atoms with E-state index in [2.05, 4.69) is 47.5 Å². The van der Waals surface area contributed by atoms with Crippen molar-refractivity contribution in [3.8, 4) is 0 Å². The lowest BCUT2D eigenvalue weighted by atomic mass is 10.1. The summed E-state index contributed by atoms with van der Waals surface area (Å²) in [6.45, 7) is 2.13. The van der Waals surface area contributed by atoms with Crippen molar-refractivity contribution >= 4 is 37.7 Å². The summed E-state index contributed by atoms with van der Waals surface area (Å²) in [6.07, 6.45) is 5.58. The van der Waals surface area contributed by atoms with Crippen molar-refractivity contribution in [2.75, 3.05) is 18.4 Å².